The van der Waals surface area contributed by atoms with Crippen molar-refractivity contribution in [1.29, 1.82) is 0 Å². The van der Waals surface area contributed by atoms with Gasteiger partial charge in [0, 0.05) is 50.2 Å². The molecule has 15 heteroatoms. The largest absolute Gasteiger partial charge is 0.463 e. The number of amides is 1. The minimum atomic E-state index is -1.44. The van der Waals surface area contributed by atoms with Gasteiger partial charge >= 0.3 is 23.9 Å². The quantitative estimate of drug-likeness (QED) is 0.288. The van der Waals surface area contributed by atoms with E-state index >= 15 is 0 Å². The van der Waals surface area contributed by atoms with E-state index in [2.05, 4.69) is 5.32 Å². The van der Waals surface area contributed by atoms with Gasteiger partial charge in [-0.3, -0.25) is 28.9 Å². The lowest BCUT2D eigenvalue weighted by Gasteiger charge is -2.44. The van der Waals surface area contributed by atoms with Gasteiger partial charge in [-0.25, -0.2) is 4.99 Å². The third-order valence-electron chi connectivity index (χ3n) is 7.18. The van der Waals surface area contributed by atoms with Gasteiger partial charge in [-0.15, -0.1) is 0 Å². The lowest BCUT2D eigenvalue weighted by molar-refractivity contribution is -0.251. The zero-order chi connectivity index (χ0) is 34.2. The summed E-state index contributed by atoms with van der Waals surface area (Å²) < 4.78 is 27.9. The summed E-state index contributed by atoms with van der Waals surface area (Å²) in [5, 5.41) is 4.40. The summed E-state index contributed by atoms with van der Waals surface area (Å²) in [6.07, 6.45) is -6.27. The third-order valence-corrected chi connectivity index (χ3v) is 7.68. The Balaban J connectivity index is 1.77. The van der Waals surface area contributed by atoms with E-state index in [1.807, 2.05) is 12.1 Å². The molecule has 2 aromatic rings. The number of guanidine groups is 1. The highest BCUT2D eigenvalue weighted by atomic mass is 35.5. The zero-order valence-electron chi connectivity index (χ0n) is 26.1. The molecule has 1 amide bonds. The lowest BCUT2D eigenvalue weighted by Crippen LogP contribution is -2.63. The smallest absolute Gasteiger partial charge is 0.303 e. The Labute approximate surface area is 281 Å². The van der Waals surface area contributed by atoms with Crippen molar-refractivity contribution >= 4 is 58.9 Å². The summed E-state index contributed by atoms with van der Waals surface area (Å²) in [6.45, 7) is 4.26. The molecule has 0 spiro atoms. The molecule has 1 N–H and O–H groups in total. The Kier molecular flexibility index (Phi) is 12.2. The number of nitrogens with one attached hydrogen (secondary N) is 1. The first-order valence-corrected chi connectivity index (χ1v) is 15.5. The van der Waals surface area contributed by atoms with Crippen LogP contribution in [0.3, 0.4) is 0 Å². The average Bonchev–Trinajstić information content (AvgIpc) is 2.98. The Morgan fingerprint density at radius 2 is 1.34 bits per heavy atom. The molecule has 0 aromatic heterocycles. The van der Waals surface area contributed by atoms with Crippen molar-refractivity contribution < 1.29 is 47.7 Å². The molecule has 47 heavy (non-hydrogen) atoms. The van der Waals surface area contributed by atoms with Crippen LogP contribution in [0.1, 0.15) is 45.2 Å². The van der Waals surface area contributed by atoms with Crippen LogP contribution in [0.15, 0.2) is 53.5 Å². The summed E-state index contributed by atoms with van der Waals surface area (Å²) in [4.78, 5) is 68.2. The summed E-state index contributed by atoms with van der Waals surface area (Å²) in [6, 6.07) is 13.7. The fourth-order valence-corrected chi connectivity index (χ4v) is 5.50. The molecule has 13 nitrogen and oxygen atoms in total. The Hall–Kier alpha value is -4.20. The number of esters is 4. The van der Waals surface area contributed by atoms with E-state index in [0.717, 1.165) is 31.9 Å². The zero-order valence-corrected chi connectivity index (χ0v) is 27.7. The van der Waals surface area contributed by atoms with Crippen LogP contribution in [-0.2, 0) is 60.6 Å². The van der Waals surface area contributed by atoms with Crippen LogP contribution in [0.4, 0.5) is 0 Å². The monoisotopic (exact) mass is 691 g/mol. The van der Waals surface area contributed by atoms with Crippen molar-refractivity contribution in [2.24, 2.45) is 4.99 Å². The third kappa shape index (κ3) is 10.1. The van der Waals surface area contributed by atoms with E-state index in [1.165, 1.54) is 11.8 Å². The molecule has 0 bridgehead atoms. The molecule has 0 radical (unpaired) electrons. The summed E-state index contributed by atoms with van der Waals surface area (Å²) in [5.41, 5.74) is 1.66. The number of carbonyl (C=O) groups excluding carboxylic acids is 5. The Morgan fingerprint density at radius 3 is 1.89 bits per heavy atom. The fraction of sp³-hybridized carbons (Fsp3) is 0.438. The number of aliphatic imine (C=N–C) groups is 1. The van der Waals surface area contributed by atoms with Crippen molar-refractivity contribution in [3.63, 3.8) is 0 Å². The highest BCUT2D eigenvalue weighted by molar-refractivity contribution is 6.30. The van der Waals surface area contributed by atoms with E-state index in [4.69, 9.17) is 51.9 Å². The second-order valence-electron chi connectivity index (χ2n) is 11.0. The van der Waals surface area contributed by atoms with Crippen LogP contribution < -0.4 is 5.32 Å². The molecule has 6 atom stereocenters. The molecule has 252 valence electrons. The van der Waals surface area contributed by atoms with Crippen molar-refractivity contribution in [2.75, 3.05) is 6.61 Å². The SMILES string of the molecule is CC(=O)OC[C@H]1O[C@@H](/N=C2\N[C@@H](Cc3ccc(Cl)cc3)CC(=O)N2Cc2ccc(Cl)cc2)[C@H](OC(C)=O)[C@@H](OC(C)=O)[C@@H]1OC(C)=O. The average molecular weight is 693 g/mol. The van der Waals surface area contributed by atoms with Gasteiger partial charge in [0.15, 0.2) is 24.5 Å². The van der Waals surface area contributed by atoms with Crippen molar-refractivity contribution in [1.82, 2.24) is 10.2 Å². The second-order valence-corrected chi connectivity index (χ2v) is 11.9. The minimum Gasteiger partial charge on any atom is -0.463 e. The van der Waals surface area contributed by atoms with E-state index < -0.39 is 67.2 Å². The number of hydrogen-bond donors (Lipinski definition) is 1. The molecule has 2 aliphatic heterocycles. The highest BCUT2D eigenvalue weighted by Crippen LogP contribution is 2.31. The standard InChI is InChI=1S/C32H35Cl2N3O10/c1-17(38)43-16-26-28(44-18(2)39)29(45-19(3)40)30(46-20(4)41)31(47-26)36-32-35-25(13-21-5-9-23(33)10-6-21)14-27(42)37(32)15-22-7-11-24(34)12-8-22/h5-12,25-26,28-31H,13-16H2,1-4H3,(H,35,36)/t25-,26+,28+,29-,30+,31+/m0/s1. The van der Waals surface area contributed by atoms with Gasteiger partial charge in [0.25, 0.3) is 0 Å². The molecule has 0 unspecified atom stereocenters. The number of benzene rings is 2. The van der Waals surface area contributed by atoms with Gasteiger partial charge in [-0.1, -0.05) is 47.5 Å². The van der Waals surface area contributed by atoms with Crippen molar-refractivity contribution in [3.05, 3.63) is 69.7 Å². The normalized spacial score (nSPS) is 25.0. The summed E-state index contributed by atoms with van der Waals surface area (Å²) >= 11 is 12.1. The fourth-order valence-electron chi connectivity index (χ4n) is 5.25. The van der Waals surface area contributed by atoms with Gasteiger partial charge in [0.1, 0.15) is 12.7 Å². The number of halogens is 2. The molecular weight excluding hydrogens is 657 g/mol. The Morgan fingerprint density at radius 1 is 0.809 bits per heavy atom. The van der Waals surface area contributed by atoms with Crippen molar-refractivity contribution in [2.45, 2.75) is 83.8 Å². The van der Waals surface area contributed by atoms with E-state index in [-0.39, 0.29) is 24.8 Å². The topological polar surface area (TPSA) is 159 Å². The lowest BCUT2D eigenvalue weighted by atomic mass is 9.97. The first-order valence-electron chi connectivity index (χ1n) is 14.7. The second kappa shape index (κ2) is 16.1. The first kappa shape index (κ1) is 35.7. The molecule has 2 aromatic carbocycles. The maximum atomic E-state index is 13.7. The minimum absolute atomic E-state index is 0.0797. The molecule has 2 aliphatic rings. The van der Waals surface area contributed by atoms with E-state index in [9.17, 15) is 24.0 Å². The maximum absolute atomic E-state index is 13.7. The van der Waals surface area contributed by atoms with Crippen LogP contribution >= 0.6 is 23.2 Å². The molecule has 2 heterocycles. The van der Waals surface area contributed by atoms with Crippen LogP contribution in [-0.4, -0.2) is 83.9 Å². The van der Waals surface area contributed by atoms with Gasteiger partial charge in [0.05, 0.1) is 6.54 Å². The van der Waals surface area contributed by atoms with Gasteiger partial charge in [0.2, 0.25) is 11.9 Å². The molecule has 2 saturated heterocycles. The molecule has 0 saturated carbocycles. The van der Waals surface area contributed by atoms with Crippen molar-refractivity contribution in [3.8, 4) is 0 Å². The molecule has 2 fully saturated rings. The first-order chi connectivity index (χ1) is 22.3. The van der Waals surface area contributed by atoms with Crippen LogP contribution in [0.25, 0.3) is 0 Å². The van der Waals surface area contributed by atoms with E-state index in [1.54, 1.807) is 36.4 Å². The van der Waals surface area contributed by atoms with E-state index in [0.29, 0.717) is 16.5 Å². The van der Waals surface area contributed by atoms with Crippen LogP contribution in [0.5, 0.6) is 0 Å². The number of ether oxygens (including phenoxy) is 5. The maximum Gasteiger partial charge on any atom is 0.303 e. The molecular formula is C32H35Cl2N3O10. The predicted molar refractivity (Wildman–Crippen MR) is 168 cm³/mol. The van der Waals surface area contributed by atoms with Gasteiger partial charge in [-0.2, -0.15) is 0 Å². The Bertz CT molecular complexity index is 1500. The molecule has 4 rings (SSSR count). The van der Waals surface area contributed by atoms with Gasteiger partial charge in [-0.05, 0) is 41.8 Å². The number of carbonyl (C=O) groups is 5. The van der Waals surface area contributed by atoms with Crippen LogP contribution in [0.2, 0.25) is 10.0 Å². The van der Waals surface area contributed by atoms with Gasteiger partial charge < -0.3 is 29.0 Å². The summed E-state index contributed by atoms with van der Waals surface area (Å²) in [5.74, 6) is -3.14. The summed E-state index contributed by atoms with van der Waals surface area (Å²) in [7, 11) is 0. The number of hydrogen-bond acceptors (Lipinski definition) is 11. The number of nitrogens with zero attached hydrogens (tertiary/aromatic N) is 2. The van der Waals surface area contributed by atoms with Crippen LogP contribution in [0, 0.1) is 0 Å². The molecule has 0 aliphatic carbocycles. The highest BCUT2D eigenvalue weighted by Gasteiger charge is 2.52. The number of rotatable bonds is 10. The predicted octanol–water partition coefficient (Wildman–Crippen LogP) is 3.37.